The second kappa shape index (κ2) is 8.22. The van der Waals surface area contributed by atoms with E-state index in [2.05, 4.69) is 37.1 Å². The lowest BCUT2D eigenvalue weighted by Crippen LogP contribution is -2.42. The fourth-order valence-electron chi connectivity index (χ4n) is 2.44. The molecule has 0 saturated carbocycles. The average Bonchev–Trinajstić information content (AvgIpc) is 2.46. The van der Waals surface area contributed by atoms with Gasteiger partial charge in [-0.2, -0.15) is 0 Å². The van der Waals surface area contributed by atoms with Gasteiger partial charge in [0.2, 0.25) is 0 Å². The molecule has 4 heteroatoms. The van der Waals surface area contributed by atoms with Crippen LogP contribution in [0, 0.1) is 0 Å². The Morgan fingerprint density at radius 3 is 2.60 bits per heavy atom. The number of hydrogen-bond donors (Lipinski definition) is 1. The van der Waals surface area contributed by atoms with E-state index in [4.69, 9.17) is 9.47 Å². The number of likely N-dealkylation sites (N-methyl/N-ethyl adjacent to an activating group) is 1. The van der Waals surface area contributed by atoms with Gasteiger partial charge in [0.05, 0.1) is 24.4 Å². The van der Waals surface area contributed by atoms with E-state index in [1.165, 1.54) is 0 Å². The first-order chi connectivity index (χ1) is 9.61. The molecule has 0 aromatic carbocycles. The normalized spacial score (nSPS) is 15.7. The zero-order chi connectivity index (χ0) is 15.0. The molecule has 114 valence electrons. The quantitative estimate of drug-likeness (QED) is 0.753. The van der Waals surface area contributed by atoms with Gasteiger partial charge >= 0.3 is 0 Å². The second-order valence-corrected chi connectivity index (χ2v) is 5.12. The van der Waals surface area contributed by atoms with Crippen molar-refractivity contribution in [1.29, 1.82) is 0 Å². The number of nitrogens with one attached hydrogen (secondary N) is 1. The third-order valence-corrected chi connectivity index (χ3v) is 3.62. The van der Waals surface area contributed by atoms with Gasteiger partial charge in [-0.25, -0.2) is 0 Å². The standard InChI is InChI=1S/C16H28N2O2/c1-6-9-19-14-10-13(11-18-12-14)15(17-5)16(4,7-2)20-8-3/h10-12,15,17H,6-9H2,1-5H3. The molecule has 0 aliphatic carbocycles. The first kappa shape index (κ1) is 16.9. The first-order valence-corrected chi connectivity index (χ1v) is 7.50. The molecule has 0 bridgehead atoms. The van der Waals surface area contributed by atoms with E-state index >= 15 is 0 Å². The van der Waals surface area contributed by atoms with Gasteiger partial charge in [0.1, 0.15) is 5.75 Å². The van der Waals surface area contributed by atoms with E-state index in [0.29, 0.717) is 13.2 Å². The van der Waals surface area contributed by atoms with Crippen LogP contribution in [0.25, 0.3) is 0 Å². The van der Waals surface area contributed by atoms with Crippen molar-refractivity contribution >= 4 is 0 Å². The van der Waals surface area contributed by atoms with Gasteiger partial charge in [0, 0.05) is 12.8 Å². The van der Waals surface area contributed by atoms with Crippen molar-refractivity contribution in [2.45, 2.75) is 52.2 Å². The number of aromatic nitrogens is 1. The maximum Gasteiger partial charge on any atom is 0.137 e. The van der Waals surface area contributed by atoms with E-state index in [1.807, 2.05) is 20.2 Å². The fraction of sp³-hybridized carbons (Fsp3) is 0.688. The molecule has 1 aromatic rings. The summed E-state index contributed by atoms with van der Waals surface area (Å²) in [4.78, 5) is 4.29. The lowest BCUT2D eigenvalue weighted by molar-refractivity contribution is -0.0548. The van der Waals surface area contributed by atoms with Crippen molar-refractivity contribution in [3.05, 3.63) is 24.0 Å². The Balaban J connectivity index is 2.99. The number of hydrogen-bond acceptors (Lipinski definition) is 4. The Morgan fingerprint density at radius 2 is 2.05 bits per heavy atom. The molecule has 2 atom stereocenters. The second-order valence-electron chi connectivity index (χ2n) is 5.12. The third kappa shape index (κ3) is 4.18. The van der Waals surface area contributed by atoms with Gasteiger partial charge < -0.3 is 14.8 Å². The number of pyridine rings is 1. The summed E-state index contributed by atoms with van der Waals surface area (Å²) >= 11 is 0. The first-order valence-electron chi connectivity index (χ1n) is 7.50. The minimum absolute atomic E-state index is 0.0881. The lowest BCUT2D eigenvalue weighted by atomic mass is 9.88. The van der Waals surface area contributed by atoms with E-state index in [1.54, 1.807) is 6.20 Å². The molecular formula is C16H28N2O2. The van der Waals surface area contributed by atoms with Crippen molar-refractivity contribution in [1.82, 2.24) is 10.3 Å². The minimum Gasteiger partial charge on any atom is -0.492 e. The Bertz CT molecular complexity index is 398. The summed E-state index contributed by atoms with van der Waals surface area (Å²) in [6, 6.07) is 2.14. The van der Waals surface area contributed by atoms with Gasteiger partial charge in [-0.3, -0.25) is 4.98 Å². The summed E-state index contributed by atoms with van der Waals surface area (Å²) in [7, 11) is 1.96. The average molecular weight is 280 g/mol. The molecule has 0 fully saturated rings. The summed E-state index contributed by atoms with van der Waals surface area (Å²) in [5.74, 6) is 0.819. The predicted molar refractivity (Wildman–Crippen MR) is 82.1 cm³/mol. The van der Waals surface area contributed by atoms with Crippen molar-refractivity contribution in [3.8, 4) is 5.75 Å². The molecule has 0 radical (unpaired) electrons. The smallest absolute Gasteiger partial charge is 0.137 e. The molecular weight excluding hydrogens is 252 g/mol. The monoisotopic (exact) mass is 280 g/mol. The van der Waals surface area contributed by atoms with Crippen molar-refractivity contribution < 1.29 is 9.47 Å². The van der Waals surface area contributed by atoms with E-state index in [0.717, 1.165) is 24.2 Å². The highest BCUT2D eigenvalue weighted by atomic mass is 16.5. The van der Waals surface area contributed by atoms with Crippen LogP contribution in [0.1, 0.15) is 52.1 Å². The molecule has 0 saturated heterocycles. The summed E-state index contributed by atoms with van der Waals surface area (Å²) in [6.07, 6.45) is 5.56. The molecule has 0 aliphatic heterocycles. The van der Waals surface area contributed by atoms with Crippen LogP contribution in [0.5, 0.6) is 5.75 Å². The van der Waals surface area contributed by atoms with Crippen molar-refractivity contribution in [3.63, 3.8) is 0 Å². The zero-order valence-electron chi connectivity index (χ0n) is 13.4. The van der Waals surface area contributed by atoms with Gasteiger partial charge in [0.15, 0.2) is 0 Å². The Morgan fingerprint density at radius 1 is 1.30 bits per heavy atom. The van der Waals surface area contributed by atoms with Crippen LogP contribution in [0.2, 0.25) is 0 Å². The van der Waals surface area contributed by atoms with Crippen LogP contribution in [0.3, 0.4) is 0 Å². The molecule has 20 heavy (non-hydrogen) atoms. The Labute approximate surface area is 122 Å². The maximum absolute atomic E-state index is 5.98. The number of ether oxygens (including phenoxy) is 2. The summed E-state index contributed by atoms with van der Waals surface area (Å²) in [5.41, 5.74) is 0.841. The van der Waals surface area contributed by atoms with E-state index < -0.39 is 0 Å². The van der Waals surface area contributed by atoms with Gasteiger partial charge in [-0.1, -0.05) is 13.8 Å². The van der Waals surface area contributed by atoms with Crippen LogP contribution >= 0.6 is 0 Å². The third-order valence-electron chi connectivity index (χ3n) is 3.62. The van der Waals surface area contributed by atoms with Crippen molar-refractivity contribution in [2.24, 2.45) is 0 Å². The number of rotatable bonds is 9. The lowest BCUT2D eigenvalue weighted by Gasteiger charge is -2.36. The summed E-state index contributed by atoms with van der Waals surface area (Å²) < 4.78 is 11.6. The fourth-order valence-corrected chi connectivity index (χ4v) is 2.44. The molecule has 2 unspecified atom stereocenters. The van der Waals surface area contributed by atoms with Crippen LogP contribution in [0.4, 0.5) is 0 Å². The van der Waals surface area contributed by atoms with Crippen molar-refractivity contribution in [2.75, 3.05) is 20.3 Å². The summed E-state index contributed by atoms with van der Waals surface area (Å²) in [6.45, 7) is 9.81. The molecule has 1 aromatic heterocycles. The Kier molecular flexibility index (Phi) is 6.96. The molecule has 0 aliphatic rings. The molecule has 4 nitrogen and oxygen atoms in total. The predicted octanol–water partition coefficient (Wildman–Crippen LogP) is 3.34. The molecule has 0 amide bonds. The molecule has 0 spiro atoms. The van der Waals surface area contributed by atoms with Gasteiger partial charge in [-0.05, 0) is 45.4 Å². The maximum atomic E-state index is 5.98. The van der Waals surface area contributed by atoms with Crippen LogP contribution in [0.15, 0.2) is 18.5 Å². The molecule has 1 rings (SSSR count). The highest BCUT2D eigenvalue weighted by molar-refractivity contribution is 5.28. The zero-order valence-corrected chi connectivity index (χ0v) is 13.4. The topological polar surface area (TPSA) is 43.4 Å². The van der Waals surface area contributed by atoms with Gasteiger partial charge in [0.25, 0.3) is 0 Å². The Hall–Kier alpha value is -1.13. The van der Waals surface area contributed by atoms with Gasteiger partial charge in [-0.15, -0.1) is 0 Å². The van der Waals surface area contributed by atoms with Crippen LogP contribution in [-0.4, -0.2) is 30.8 Å². The SMILES string of the molecule is CCCOc1cncc(C(NC)C(C)(CC)OCC)c1. The van der Waals surface area contributed by atoms with Crippen LogP contribution in [-0.2, 0) is 4.74 Å². The van der Waals surface area contributed by atoms with E-state index in [9.17, 15) is 0 Å². The molecule has 1 N–H and O–H groups in total. The van der Waals surface area contributed by atoms with Crippen LogP contribution < -0.4 is 10.1 Å². The highest BCUT2D eigenvalue weighted by Gasteiger charge is 2.33. The highest BCUT2D eigenvalue weighted by Crippen LogP contribution is 2.32. The summed E-state index contributed by atoms with van der Waals surface area (Å²) in [5, 5.41) is 3.36. The minimum atomic E-state index is -0.255. The molecule has 1 heterocycles. The largest absolute Gasteiger partial charge is 0.492 e. The number of nitrogens with zero attached hydrogens (tertiary/aromatic N) is 1. The van der Waals surface area contributed by atoms with E-state index in [-0.39, 0.29) is 11.6 Å².